The Bertz CT molecular complexity index is 817. The maximum Gasteiger partial charge on any atom is 0.377 e. The molecule has 0 spiro atoms. The van der Waals surface area contributed by atoms with Gasteiger partial charge in [-0.2, -0.15) is 0 Å². The second kappa shape index (κ2) is 14.5. The summed E-state index contributed by atoms with van der Waals surface area (Å²) >= 11 is 0. The highest BCUT2D eigenvalue weighted by Crippen LogP contribution is 2.21. The van der Waals surface area contributed by atoms with Crippen LogP contribution in [0, 0.1) is 5.92 Å². The molecule has 206 valence electrons. The Morgan fingerprint density at radius 2 is 1.56 bits per heavy atom. The van der Waals surface area contributed by atoms with E-state index in [0.717, 1.165) is 0 Å². The number of carbonyl (C=O) groups excluding carboxylic acids is 5. The molecule has 0 aromatic carbocycles. The van der Waals surface area contributed by atoms with Crippen molar-refractivity contribution in [3.8, 4) is 0 Å². The van der Waals surface area contributed by atoms with Gasteiger partial charge in [-0.05, 0) is 12.3 Å². The van der Waals surface area contributed by atoms with E-state index in [9.17, 15) is 39.0 Å². The summed E-state index contributed by atoms with van der Waals surface area (Å²) in [5.74, 6) is -9.25. The Morgan fingerprint density at radius 1 is 0.972 bits per heavy atom. The number of ether oxygens (including phenoxy) is 4. The van der Waals surface area contributed by atoms with Crippen molar-refractivity contribution in [1.82, 2.24) is 0 Å². The number of nitrogens with zero attached hydrogens (tertiary/aromatic N) is 1. The Hall–Kier alpha value is -3.10. The summed E-state index contributed by atoms with van der Waals surface area (Å²) in [6.07, 6.45) is -6.81. The zero-order chi connectivity index (χ0) is 28.3. The molecular weight excluding hydrogens is 486 g/mol. The van der Waals surface area contributed by atoms with Gasteiger partial charge in [0.25, 0.3) is 0 Å². The topological polar surface area (TPSA) is 203 Å². The second-order valence-electron chi connectivity index (χ2n) is 9.50. The molecular formula is C22H35NO13. The SMILES string of the molecule is CCC(OC(=O)C(OCC[N+](C)(C)C)OC(=O)CC(O)(CC(=O)O)C(=O)OC(=O)CC(C)C)C(=O)[O-]. The third-order valence-electron chi connectivity index (χ3n) is 4.40. The molecule has 0 aliphatic heterocycles. The lowest BCUT2D eigenvalue weighted by Gasteiger charge is -2.27. The van der Waals surface area contributed by atoms with Gasteiger partial charge in [0.15, 0.2) is 5.60 Å². The van der Waals surface area contributed by atoms with Gasteiger partial charge in [0.2, 0.25) is 0 Å². The Kier molecular flexibility index (Phi) is 13.2. The van der Waals surface area contributed by atoms with Gasteiger partial charge in [-0.25, -0.2) is 9.59 Å². The molecule has 0 aromatic heterocycles. The van der Waals surface area contributed by atoms with Crippen LogP contribution >= 0.6 is 0 Å². The van der Waals surface area contributed by atoms with Crippen LogP contribution in [0.5, 0.6) is 0 Å². The average molecular weight is 522 g/mol. The van der Waals surface area contributed by atoms with E-state index in [2.05, 4.69) is 4.74 Å². The van der Waals surface area contributed by atoms with Gasteiger partial charge < -0.3 is 43.5 Å². The fraction of sp³-hybridized carbons (Fsp3) is 0.727. The van der Waals surface area contributed by atoms with Crippen LogP contribution in [0.25, 0.3) is 0 Å². The Labute approximate surface area is 208 Å². The van der Waals surface area contributed by atoms with Crippen LogP contribution in [-0.4, -0.2) is 103 Å². The van der Waals surface area contributed by atoms with Crippen LogP contribution in [0.1, 0.15) is 46.5 Å². The maximum atomic E-state index is 12.5. The van der Waals surface area contributed by atoms with Gasteiger partial charge >= 0.3 is 36.1 Å². The smallest absolute Gasteiger partial charge is 0.377 e. The fourth-order valence-corrected chi connectivity index (χ4v) is 2.51. The summed E-state index contributed by atoms with van der Waals surface area (Å²) in [6, 6.07) is 0. The molecule has 0 saturated heterocycles. The van der Waals surface area contributed by atoms with Crippen LogP contribution in [-0.2, 0) is 47.7 Å². The number of aliphatic hydroxyl groups is 1. The Balaban J connectivity index is 5.65. The number of hydrogen-bond acceptors (Lipinski definition) is 12. The molecule has 0 amide bonds. The first kappa shape index (κ1) is 32.9. The van der Waals surface area contributed by atoms with E-state index in [-0.39, 0.29) is 25.4 Å². The molecule has 0 bridgehead atoms. The van der Waals surface area contributed by atoms with Crippen molar-refractivity contribution in [2.75, 3.05) is 34.3 Å². The number of hydrogen-bond donors (Lipinski definition) is 2. The lowest BCUT2D eigenvalue weighted by molar-refractivity contribution is -0.870. The molecule has 0 heterocycles. The molecule has 14 heteroatoms. The van der Waals surface area contributed by atoms with E-state index in [4.69, 9.17) is 19.3 Å². The molecule has 0 radical (unpaired) electrons. The molecule has 3 atom stereocenters. The summed E-state index contributed by atoms with van der Waals surface area (Å²) < 4.78 is 19.7. The van der Waals surface area contributed by atoms with Crippen molar-refractivity contribution >= 4 is 35.8 Å². The quantitative estimate of drug-likeness (QED) is 0.0770. The zero-order valence-corrected chi connectivity index (χ0v) is 21.3. The highest BCUT2D eigenvalue weighted by atomic mass is 16.7. The molecule has 0 rings (SSSR count). The predicted octanol–water partition coefficient (Wildman–Crippen LogP) is -1.64. The molecule has 2 N–H and O–H groups in total. The summed E-state index contributed by atoms with van der Waals surface area (Å²) in [4.78, 5) is 71.3. The van der Waals surface area contributed by atoms with E-state index in [1.807, 2.05) is 0 Å². The van der Waals surface area contributed by atoms with Gasteiger partial charge in [-0.1, -0.05) is 20.8 Å². The summed E-state index contributed by atoms with van der Waals surface area (Å²) in [7, 11) is 5.39. The van der Waals surface area contributed by atoms with Crippen molar-refractivity contribution in [3.63, 3.8) is 0 Å². The minimum absolute atomic E-state index is 0.163. The number of carboxylic acids is 2. The van der Waals surface area contributed by atoms with Crippen molar-refractivity contribution in [2.24, 2.45) is 5.92 Å². The third-order valence-corrected chi connectivity index (χ3v) is 4.40. The van der Waals surface area contributed by atoms with Crippen molar-refractivity contribution < 1.29 is 67.5 Å². The number of aliphatic carboxylic acids is 2. The third kappa shape index (κ3) is 13.1. The predicted molar refractivity (Wildman–Crippen MR) is 116 cm³/mol. The lowest BCUT2D eigenvalue weighted by atomic mass is 9.95. The molecule has 0 aliphatic rings. The average Bonchev–Trinajstić information content (AvgIpc) is 2.68. The summed E-state index contributed by atoms with van der Waals surface area (Å²) in [6.45, 7) is 4.84. The molecule has 0 saturated carbocycles. The van der Waals surface area contributed by atoms with E-state index >= 15 is 0 Å². The molecule has 3 unspecified atom stereocenters. The first-order chi connectivity index (χ1) is 16.4. The van der Waals surface area contributed by atoms with Gasteiger partial charge in [-0.3, -0.25) is 14.4 Å². The summed E-state index contributed by atoms with van der Waals surface area (Å²) in [5, 5.41) is 30.7. The van der Waals surface area contributed by atoms with Crippen molar-refractivity contribution in [2.45, 2.75) is 64.4 Å². The highest BCUT2D eigenvalue weighted by Gasteiger charge is 2.45. The van der Waals surface area contributed by atoms with Crippen LogP contribution < -0.4 is 5.11 Å². The minimum atomic E-state index is -3.01. The largest absolute Gasteiger partial charge is 0.546 e. The van der Waals surface area contributed by atoms with E-state index in [1.165, 1.54) is 6.92 Å². The monoisotopic (exact) mass is 521 g/mol. The number of likely N-dealkylation sites (N-methyl/N-ethyl adjacent to an activating group) is 1. The first-order valence-electron chi connectivity index (χ1n) is 11.1. The van der Waals surface area contributed by atoms with E-state index < -0.39 is 66.7 Å². The number of carboxylic acid groups (broad SMARTS) is 2. The van der Waals surface area contributed by atoms with Gasteiger partial charge in [0.05, 0.1) is 40.0 Å². The highest BCUT2D eigenvalue weighted by molar-refractivity contribution is 5.95. The van der Waals surface area contributed by atoms with Crippen LogP contribution in [0.3, 0.4) is 0 Å². The maximum absolute atomic E-state index is 12.5. The normalized spacial score (nSPS) is 14.8. The number of carbonyl (C=O) groups is 6. The summed E-state index contributed by atoms with van der Waals surface area (Å²) in [5.41, 5.74) is -3.01. The lowest BCUT2D eigenvalue weighted by Crippen LogP contribution is -2.47. The van der Waals surface area contributed by atoms with Gasteiger partial charge in [0.1, 0.15) is 19.3 Å². The Morgan fingerprint density at radius 3 is 2.00 bits per heavy atom. The van der Waals surface area contributed by atoms with Crippen LogP contribution in [0.4, 0.5) is 0 Å². The van der Waals surface area contributed by atoms with Crippen molar-refractivity contribution in [3.05, 3.63) is 0 Å². The first-order valence-corrected chi connectivity index (χ1v) is 11.1. The van der Waals surface area contributed by atoms with E-state index in [0.29, 0.717) is 11.0 Å². The fourth-order valence-electron chi connectivity index (χ4n) is 2.51. The van der Waals surface area contributed by atoms with E-state index in [1.54, 1.807) is 35.0 Å². The van der Waals surface area contributed by atoms with Crippen LogP contribution in [0.2, 0.25) is 0 Å². The number of rotatable bonds is 16. The molecule has 0 fully saturated rings. The minimum Gasteiger partial charge on any atom is -0.546 e. The molecule has 14 nitrogen and oxygen atoms in total. The van der Waals surface area contributed by atoms with Gasteiger partial charge in [-0.15, -0.1) is 0 Å². The zero-order valence-electron chi connectivity index (χ0n) is 21.3. The van der Waals surface area contributed by atoms with Crippen LogP contribution in [0.15, 0.2) is 0 Å². The number of esters is 4. The van der Waals surface area contributed by atoms with Crippen molar-refractivity contribution in [1.29, 1.82) is 0 Å². The molecule has 36 heavy (non-hydrogen) atoms. The standard InChI is InChI=1S/C22H35NO13/c1-7-14(18(28)29)34-19(30)20(33-9-8-23(4,5)6)35-17(27)12-22(32,11-15(24)25)21(31)36-16(26)10-13(2)3/h13-14,20,32H,7-12H2,1-6H3,(H-,24,25,28,29). The molecule has 0 aromatic rings. The van der Waals surface area contributed by atoms with Gasteiger partial charge in [0, 0.05) is 6.42 Å². The number of quaternary nitrogens is 1. The second-order valence-corrected chi connectivity index (χ2v) is 9.50. The molecule has 0 aliphatic carbocycles.